The zero-order valence-corrected chi connectivity index (χ0v) is 16.4. The van der Waals surface area contributed by atoms with E-state index < -0.39 is 11.2 Å². The number of fused-ring (bicyclic) bond motifs is 3. The van der Waals surface area contributed by atoms with E-state index in [4.69, 9.17) is 4.74 Å². The Hall–Kier alpha value is -3.09. The molecule has 0 spiro atoms. The van der Waals surface area contributed by atoms with E-state index in [0.29, 0.717) is 28.6 Å². The number of nitrogens with zero attached hydrogens (tertiary/aromatic N) is 2. The van der Waals surface area contributed by atoms with E-state index in [1.54, 1.807) is 25.5 Å². The number of H-pyrrole nitrogens is 2. The third-order valence-corrected chi connectivity index (χ3v) is 5.65. The Labute approximate surface area is 161 Å². The van der Waals surface area contributed by atoms with Crippen molar-refractivity contribution in [1.29, 1.82) is 0 Å². The molecule has 0 radical (unpaired) electrons. The molecule has 2 aromatic heterocycles. The van der Waals surface area contributed by atoms with Crippen molar-refractivity contribution in [2.45, 2.75) is 27.2 Å². The highest BCUT2D eigenvalue weighted by atomic mass is 16.5. The molecule has 1 aliphatic carbocycles. The van der Waals surface area contributed by atoms with Gasteiger partial charge in [0.15, 0.2) is 0 Å². The van der Waals surface area contributed by atoms with Gasteiger partial charge in [-0.2, -0.15) is 5.10 Å². The Kier molecular flexibility index (Phi) is 4.45. The molecule has 7 nitrogen and oxygen atoms in total. The fourth-order valence-electron chi connectivity index (χ4n) is 4.27. The van der Waals surface area contributed by atoms with Gasteiger partial charge in [-0.15, -0.1) is 4.68 Å². The Bertz CT molecular complexity index is 1230. The van der Waals surface area contributed by atoms with Crippen molar-refractivity contribution in [1.82, 2.24) is 14.6 Å². The van der Waals surface area contributed by atoms with E-state index >= 15 is 0 Å². The van der Waals surface area contributed by atoms with Crippen molar-refractivity contribution in [3.8, 4) is 5.75 Å². The first-order chi connectivity index (χ1) is 13.4. The number of benzene rings is 1. The second kappa shape index (κ2) is 6.82. The van der Waals surface area contributed by atoms with Crippen LogP contribution in [0.2, 0.25) is 0 Å². The van der Waals surface area contributed by atoms with E-state index in [-0.39, 0.29) is 5.92 Å². The van der Waals surface area contributed by atoms with E-state index in [1.807, 2.05) is 6.07 Å². The Morgan fingerprint density at radius 2 is 2.00 bits per heavy atom. The number of aromatic amines is 2. The van der Waals surface area contributed by atoms with Crippen molar-refractivity contribution >= 4 is 28.2 Å². The van der Waals surface area contributed by atoms with Crippen LogP contribution >= 0.6 is 0 Å². The van der Waals surface area contributed by atoms with E-state index in [2.05, 4.69) is 41.9 Å². The van der Waals surface area contributed by atoms with Crippen LogP contribution in [0.15, 0.2) is 44.5 Å². The van der Waals surface area contributed by atoms with Gasteiger partial charge in [0.1, 0.15) is 11.3 Å². The zero-order valence-electron chi connectivity index (χ0n) is 16.4. The summed E-state index contributed by atoms with van der Waals surface area (Å²) in [4.78, 5) is 31.3. The van der Waals surface area contributed by atoms with Crippen LogP contribution < -0.4 is 16.0 Å². The lowest BCUT2D eigenvalue weighted by Crippen LogP contribution is -2.33. The molecular weight excluding hydrogens is 356 g/mol. The van der Waals surface area contributed by atoms with Crippen molar-refractivity contribution in [2.75, 3.05) is 7.11 Å². The maximum absolute atomic E-state index is 12.9. The summed E-state index contributed by atoms with van der Waals surface area (Å²) in [6.45, 7) is 6.44. The number of allylic oxidation sites excluding steroid dienone is 2. The van der Waals surface area contributed by atoms with Crippen molar-refractivity contribution in [3.63, 3.8) is 0 Å². The number of ether oxygens (including phenoxy) is 1. The molecule has 4 rings (SSSR count). The summed E-state index contributed by atoms with van der Waals surface area (Å²) in [6.07, 6.45) is 4.97. The molecule has 0 saturated carbocycles. The molecule has 0 bridgehead atoms. The predicted molar refractivity (Wildman–Crippen MR) is 111 cm³/mol. The monoisotopic (exact) mass is 380 g/mol. The summed E-state index contributed by atoms with van der Waals surface area (Å²) < 4.78 is 6.13. The van der Waals surface area contributed by atoms with E-state index in [0.717, 1.165) is 22.0 Å². The van der Waals surface area contributed by atoms with Gasteiger partial charge in [-0.3, -0.25) is 4.79 Å². The average Bonchev–Trinajstić information content (AvgIpc) is 3.01. The second-order valence-corrected chi connectivity index (χ2v) is 7.73. The van der Waals surface area contributed by atoms with Gasteiger partial charge >= 0.3 is 11.2 Å². The van der Waals surface area contributed by atoms with Gasteiger partial charge in [0.25, 0.3) is 0 Å². The van der Waals surface area contributed by atoms with E-state index in [1.165, 1.54) is 5.57 Å². The van der Waals surface area contributed by atoms with Crippen LogP contribution in [0, 0.1) is 17.8 Å². The largest absolute Gasteiger partial charge is 0.497 e. The van der Waals surface area contributed by atoms with Crippen LogP contribution in [-0.2, 0) is 0 Å². The first-order valence-corrected chi connectivity index (χ1v) is 9.45. The Balaban J connectivity index is 1.81. The second-order valence-electron chi connectivity index (χ2n) is 7.73. The standard InChI is InChI=1S/C21H24N4O3/c1-11-7-12(2)16(13(3)8-11)10-22-25-20(26)19-18(24-21(25)27)15-6-5-14(28-4)9-17(15)23-19/h5-7,9-10,12-13,16,23H,8H2,1-4H3,(H,24,27)/b22-10-/t12-,13+,16+/m1/s1. The molecule has 3 atom stereocenters. The molecular formula is C21H24N4O3. The highest BCUT2D eigenvalue weighted by Gasteiger charge is 2.25. The van der Waals surface area contributed by atoms with Crippen molar-refractivity contribution in [2.24, 2.45) is 22.9 Å². The Morgan fingerprint density at radius 1 is 1.21 bits per heavy atom. The van der Waals surface area contributed by atoms with Gasteiger partial charge < -0.3 is 14.7 Å². The molecule has 0 amide bonds. The number of hydrogen-bond donors (Lipinski definition) is 2. The fraction of sp³-hybridized carbons (Fsp3) is 0.381. The first kappa shape index (κ1) is 18.3. The average molecular weight is 380 g/mol. The first-order valence-electron chi connectivity index (χ1n) is 9.45. The number of aromatic nitrogens is 3. The summed E-state index contributed by atoms with van der Waals surface area (Å²) in [5, 5.41) is 5.03. The molecule has 0 saturated heterocycles. The maximum Gasteiger partial charge on any atom is 0.350 e. The lowest BCUT2D eigenvalue weighted by Gasteiger charge is -2.29. The third-order valence-electron chi connectivity index (χ3n) is 5.65. The predicted octanol–water partition coefficient (Wildman–Crippen LogP) is 3.25. The molecule has 2 heterocycles. The minimum Gasteiger partial charge on any atom is -0.497 e. The maximum atomic E-state index is 12.9. The molecule has 3 aromatic rings. The zero-order chi connectivity index (χ0) is 20.0. The molecule has 0 unspecified atom stereocenters. The molecule has 0 fully saturated rings. The summed E-state index contributed by atoms with van der Waals surface area (Å²) in [5.41, 5.74) is 1.88. The SMILES string of the molecule is COc1ccc2c(c1)[nH]c1c(=O)n(/N=C\[C@H]3[C@H](C)C=C(C)C[C@@H]3C)c(=O)[nH]c12. The number of nitrogens with one attached hydrogen (secondary N) is 2. The van der Waals surface area contributed by atoms with Crippen molar-refractivity contribution < 1.29 is 4.74 Å². The number of methoxy groups -OCH3 is 1. The number of rotatable bonds is 3. The van der Waals surface area contributed by atoms with Crippen LogP contribution in [0.5, 0.6) is 5.75 Å². The van der Waals surface area contributed by atoms with Gasteiger partial charge in [-0.05, 0) is 37.3 Å². The fourth-order valence-corrected chi connectivity index (χ4v) is 4.27. The van der Waals surface area contributed by atoms with Gasteiger partial charge in [0.05, 0.1) is 18.1 Å². The van der Waals surface area contributed by atoms with Crippen LogP contribution in [0.4, 0.5) is 0 Å². The van der Waals surface area contributed by atoms with Crippen LogP contribution in [-0.4, -0.2) is 28.0 Å². The van der Waals surface area contributed by atoms with Crippen LogP contribution in [0.1, 0.15) is 27.2 Å². The van der Waals surface area contributed by atoms with Crippen LogP contribution in [0.3, 0.4) is 0 Å². The minimum atomic E-state index is -0.548. The summed E-state index contributed by atoms with van der Waals surface area (Å²) in [7, 11) is 1.58. The molecule has 1 aromatic carbocycles. The Morgan fingerprint density at radius 3 is 2.71 bits per heavy atom. The lowest BCUT2D eigenvalue weighted by atomic mass is 9.76. The lowest BCUT2D eigenvalue weighted by molar-refractivity contribution is 0.361. The molecule has 7 heteroatoms. The highest BCUT2D eigenvalue weighted by molar-refractivity contribution is 6.04. The van der Waals surface area contributed by atoms with Gasteiger partial charge in [-0.1, -0.05) is 25.5 Å². The van der Waals surface area contributed by atoms with Crippen LogP contribution in [0.25, 0.3) is 21.9 Å². The smallest absolute Gasteiger partial charge is 0.350 e. The topological polar surface area (TPSA) is 92.2 Å². The molecule has 2 N–H and O–H groups in total. The third kappa shape index (κ3) is 2.96. The minimum absolute atomic E-state index is 0.178. The summed E-state index contributed by atoms with van der Waals surface area (Å²) >= 11 is 0. The summed E-state index contributed by atoms with van der Waals surface area (Å²) in [6, 6.07) is 5.40. The van der Waals surface area contributed by atoms with Gasteiger partial charge in [0.2, 0.25) is 0 Å². The normalized spacial score (nSPS) is 22.9. The van der Waals surface area contributed by atoms with Crippen molar-refractivity contribution in [3.05, 3.63) is 50.7 Å². The molecule has 0 aliphatic heterocycles. The quantitative estimate of drug-likeness (QED) is 0.540. The molecule has 28 heavy (non-hydrogen) atoms. The number of hydrogen-bond acceptors (Lipinski definition) is 4. The summed E-state index contributed by atoms with van der Waals surface area (Å²) in [5.74, 6) is 1.57. The highest BCUT2D eigenvalue weighted by Crippen LogP contribution is 2.32. The van der Waals surface area contributed by atoms with E-state index in [9.17, 15) is 9.59 Å². The molecule has 146 valence electrons. The molecule has 1 aliphatic rings. The van der Waals surface area contributed by atoms with Gasteiger partial charge in [-0.25, -0.2) is 4.79 Å². The van der Waals surface area contributed by atoms with Gasteiger partial charge in [0, 0.05) is 23.6 Å².